The van der Waals surface area contributed by atoms with Gasteiger partial charge in [0, 0.05) is 19.6 Å². The van der Waals surface area contributed by atoms with Crippen LogP contribution in [0.3, 0.4) is 0 Å². The van der Waals surface area contributed by atoms with Gasteiger partial charge >= 0.3 is 0 Å². The molecule has 16 heavy (non-hydrogen) atoms. The fourth-order valence-electron chi connectivity index (χ4n) is 2.13. The summed E-state index contributed by atoms with van der Waals surface area (Å²) in [6.45, 7) is 6.35. The minimum Gasteiger partial charge on any atom is -0.328 e. The van der Waals surface area contributed by atoms with Crippen molar-refractivity contribution < 1.29 is 9.59 Å². The van der Waals surface area contributed by atoms with Crippen molar-refractivity contribution in [3.63, 3.8) is 0 Å². The third kappa shape index (κ3) is 2.80. The van der Waals surface area contributed by atoms with Crippen molar-refractivity contribution in [2.24, 2.45) is 5.73 Å². The van der Waals surface area contributed by atoms with Crippen LogP contribution in [-0.2, 0) is 9.59 Å². The highest BCUT2D eigenvalue weighted by Crippen LogP contribution is 2.32. The van der Waals surface area contributed by atoms with Crippen LogP contribution in [0.4, 0.5) is 0 Å². The van der Waals surface area contributed by atoms with Crippen molar-refractivity contribution >= 4 is 12.2 Å². The van der Waals surface area contributed by atoms with Gasteiger partial charge in [0.15, 0.2) is 0 Å². The molecule has 2 heterocycles. The molecule has 0 unspecified atom stereocenters. The molecule has 3 N–H and O–H groups in total. The summed E-state index contributed by atoms with van der Waals surface area (Å²) in [7, 11) is 0. The Morgan fingerprint density at radius 2 is 2.06 bits per heavy atom. The van der Waals surface area contributed by atoms with E-state index in [2.05, 4.69) is 5.32 Å². The van der Waals surface area contributed by atoms with E-state index in [-0.39, 0.29) is 11.4 Å². The first-order valence-corrected chi connectivity index (χ1v) is 5.75. The zero-order valence-electron chi connectivity index (χ0n) is 10.0. The van der Waals surface area contributed by atoms with E-state index in [0.717, 1.165) is 32.5 Å². The maximum atomic E-state index is 11.2. The number of hydrogen-bond donors (Lipinski definition) is 2. The molecule has 5 heteroatoms. The maximum Gasteiger partial charge on any atom is 0.287 e. The zero-order chi connectivity index (χ0) is 12.2. The summed E-state index contributed by atoms with van der Waals surface area (Å²) in [5.74, 6) is -0.353. The second-order valence-corrected chi connectivity index (χ2v) is 4.78. The third-order valence-corrected chi connectivity index (χ3v) is 2.87. The largest absolute Gasteiger partial charge is 0.328 e. The van der Waals surface area contributed by atoms with Crippen molar-refractivity contribution in [3.05, 3.63) is 0 Å². The van der Waals surface area contributed by atoms with E-state index in [9.17, 15) is 9.59 Å². The van der Waals surface area contributed by atoms with Crippen LogP contribution in [0.15, 0.2) is 0 Å². The van der Waals surface area contributed by atoms with Crippen molar-refractivity contribution in [1.82, 2.24) is 10.2 Å². The van der Waals surface area contributed by atoms with Crippen LogP contribution in [0.1, 0.15) is 26.7 Å². The lowest BCUT2D eigenvalue weighted by Crippen LogP contribution is -2.67. The van der Waals surface area contributed by atoms with Gasteiger partial charge in [-0.05, 0) is 18.9 Å². The predicted octanol–water partition coefficient (Wildman–Crippen LogP) is -0.497. The Balaban J connectivity index is 0.000000280. The van der Waals surface area contributed by atoms with Crippen molar-refractivity contribution in [3.8, 4) is 0 Å². The SMILES string of the molecule is CC(C)N.O=CC(=O)N1CCCC12CNC2. The summed E-state index contributed by atoms with van der Waals surface area (Å²) in [5, 5.41) is 3.14. The summed E-state index contributed by atoms with van der Waals surface area (Å²) < 4.78 is 0. The molecule has 5 nitrogen and oxygen atoms in total. The average Bonchev–Trinajstić information content (AvgIpc) is 2.59. The summed E-state index contributed by atoms with van der Waals surface area (Å²) in [6, 6.07) is 0.333. The van der Waals surface area contributed by atoms with Gasteiger partial charge < -0.3 is 16.0 Å². The molecule has 0 radical (unpaired) electrons. The molecule has 0 atom stereocenters. The van der Waals surface area contributed by atoms with E-state index < -0.39 is 0 Å². The van der Waals surface area contributed by atoms with Gasteiger partial charge in [-0.1, -0.05) is 13.8 Å². The Labute approximate surface area is 96.4 Å². The second-order valence-electron chi connectivity index (χ2n) is 4.78. The van der Waals surface area contributed by atoms with Crippen LogP contribution in [0.5, 0.6) is 0 Å². The highest BCUT2D eigenvalue weighted by molar-refractivity contribution is 6.23. The first kappa shape index (κ1) is 13.1. The molecule has 2 fully saturated rings. The molecular formula is C11H21N3O2. The Hall–Kier alpha value is -0.940. The van der Waals surface area contributed by atoms with Gasteiger partial charge in [-0.3, -0.25) is 9.59 Å². The summed E-state index contributed by atoms with van der Waals surface area (Å²) in [4.78, 5) is 23.2. The minimum absolute atomic E-state index is 0.00199. The molecule has 92 valence electrons. The van der Waals surface area contributed by atoms with Crippen LogP contribution < -0.4 is 11.1 Å². The fraction of sp³-hybridized carbons (Fsp3) is 0.818. The number of nitrogens with two attached hydrogens (primary N) is 1. The van der Waals surface area contributed by atoms with Gasteiger partial charge in [0.05, 0.1) is 5.54 Å². The highest BCUT2D eigenvalue weighted by atomic mass is 16.2. The van der Waals surface area contributed by atoms with Gasteiger partial charge in [0.2, 0.25) is 6.29 Å². The number of aldehydes is 1. The van der Waals surface area contributed by atoms with Gasteiger partial charge in [-0.25, -0.2) is 0 Å². The summed E-state index contributed by atoms with van der Waals surface area (Å²) in [5.41, 5.74) is 5.11. The smallest absolute Gasteiger partial charge is 0.287 e. The van der Waals surface area contributed by atoms with E-state index in [0.29, 0.717) is 12.3 Å². The van der Waals surface area contributed by atoms with E-state index in [1.165, 1.54) is 0 Å². The van der Waals surface area contributed by atoms with Crippen LogP contribution in [0, 0.1) is 0 Å². The number of nitrogens with one attached hydrogen (secondary N) is 1. The number of nitrogens with zero attached hydrogens (tertiary/aromatic N) is 1. The molecule has 0 aromatic rings. The molecule has 0 aliphatic carbocycles. The van der Waals surface area contributed by atoms with E-state index in [1.54, 1.807) is 4.90 Å². The van der Waals surface area contributed by atoms with Crippen LogP contribution in [0.2, 0.25) is 0 Å². The van der Waals surface area contributed by atoms with Gasteiger partial charge in [0.25, 0.3) is 5.91 Å². The predicted molar refractivity (Wildman–Crippen MR) is 61.9 cm³/mol. The molecule has 0 aromatic heterocycles. The monoisotopic (exact) mass is 227 g/mol. The standard InChI is InChI=1S/C8H12N2O2.C3H9N/c11-4-7(12)10-3-1-2-8(10)5-9-6-8;1-3(2)4/h4,9H,1-3,5-6H2;3H,4H2,1-2H3. The minimum atomic E-state index is -0.353. The second kappa shape index (κ2) is 5.41. The van der Waals surface area contributed by atoms with Crippen molar-refractivity contribution in [2.75, 3.05) is 19.6 Å². The number of carbonyl (C=O) groups excluding carboxylic acids is 2. The van der Waals surface area contributed by atoms with Crippen LogP contribution in [-0.4, -0.2) is 48.3 Å². The molecule has 2 saturated heterocycles. The molecular weight excluding hydrogens is 206 g/mol. The van der Waals surface area contributed by atoms with Crippen molar-refractivity contribution in [2.45, 2.75) is 38.3 Å². The summed E-state index contributed by atoms with van der Waals surface area (Å²) >= 11 is 0. The topological polar surface area (TPSA) is 75.4 Å². The van der Waals surface area contributed by atoms with Gasteiger partial charge in [-0.15, -0.1) is 0 Å². The maximum absolute atomic E-state index is 11.2. The van der Waals surface area contributed by atoms with Gasteiger partial charge in [-0.2, -0.15) is 0 Å². The molecule has 0 aromatic carbocycles. The Morgan fingerprint density at radius 3 is 2.44 bits per heavy atom. The number of amides is 1. The fourth-order valence-corrected chi connectivity index (χ4v) is 2.13. The molecule has 2 aliphatic rings. The first-order valence-electron chi connectivity index (χ1n) is 5.75. The highest BCUT2D eigenvalue weighted by Gasteiger charge is 2.47. The lowest BCUT2D eigenvalue weighted by Gasteiger charge is -2.45. The third-order valence-electron chi connectivity index (χ3n) is 2.87. The molecule has 1 spiro atoms. The zero-order valence-corrected chi connectivity index (χ0v) is 10.0. The normalized spacial score (nSPS) is 21.4. The average molecular weight is 227 g/mol. The molecule has 2 rings (SSSR count). The lowest BCUT2D eigenvalue weighted by atomic mass is 9.89. The number of hydrogen-bond acceptors (Lipinski definition) is 4. The number of rotatable bonds is 1. The molecule has 0 bridgehead atoms. The van der Waals surface area contributed by atoms with Crippen LogP contribution >= 0.6 is 0 Å². The lowest BCUT2D eigenvalue weighted by molar-refractivity contribution is -0.143. The van der Waals surface area contributed by atoms with Crippen LogP contribution in [0.25, 0.3) is 0 Å². The quantitative estimate of drug-likeness (QED) is 0.468. The number of likely N-dealkylation sites (tertiary alicyclic amines) is 1. The van der Waals surface area contributed by atoms with E-state index in [4.69, 9.17) is 5.73 Å². The molecule has 1 amide bonds. The Morgan fingerprint density at radius 1 is 1.50 bits per heavy atom. The molecule has 2 aliphatic heterocycles. The first-order chi connectivity index (χ1) is 7.52. The number of carbonyl (C=O) groups is 2. The Bertz CT molecular complexity index is 259. The van der Waals surface area contributed by atoms with Gasteiger partial charge in [0.1, 0.15) is 0 Å². The summed E-state index contributed by atoms with van der Waals surface area (Å²) in [6.07, 6.45) is 2.49. The van der Waals surface area contributed by atoms with Crippen molar-refractivity contribution in [1.29, 1.82) is 0 Å². The Kier molecular flexibility index (Phi) is 4.44. The van der Waals surface area contributed by atoms with E-state index in [1.807, 2.05) is 13.8 Å². The molecule has 0 saturated carbocycles. The van der Waals surface area contributed by atoms with E-state index >= 15 is 0 Å².